The Morgan fingerprint density at radius 1 is 0.511 bits per heavy atom. The lowest BCUT2D eigenvalue weighted by Gasteiger charge is -2.14. The number of nitrogens with zero attached hydrogens (tertiary/aromatic N) is 3. The summed E-state index contributed by atoms with van der Waals surface area (Å²) in [6.45, 7) is 0. The predicted octanol–water partition coefficient (Wildman–Crippen LogP) is 11.2. The van der Waals surface area contributed by atoms with Crippen LogP contribution in [0.15, 0.2) is 162 Å². The van der Waals surface area contributed by atoms with E-state index in [9.17, 15) is 0 Å². The Hall–Kier alpha value is -6.13. The Labute approximate surface area is 272 Å². The van der Waals surface area contributed by atoms with Crippen LogP contribution >= 0.6 is 0 Å². The minimum absolute atomic E-state index is 0.428. The third-order valence-electron chi connectivity index (χ3n) is 9.06. The van der Waals surface area contributed by atoms with Gasteiger partial charge in [0.2, 0.25) is 0 Å². The summed E-state index contributed by atoms with van der Waals surface area (Å²) in [7, 11) is 0. The van der Waals surface area contributed by atoms with E-state index in [1.807, 2.05) is 42.5 Å². The second-order valence-electron chi connectivity index (χ2n) is 12.0. The Morgan fingerprint density at radius 3 is 2.09 bits per heavy atom. The van der Waals surface area contributed by atoms with Crippen molar-refractivity contribution in [1.29, 1.82) is 0 Å². The zero-order valence-electron chi connectivity index (χ0n) is 25.5. The molecular formula is C43H29N3O. The average molecular weight is 604 g/mol. The Bertz CT molecular complexity index is 2490. The van der Waals surface area contributed by atoms with Gasteiger partial charge in [-0.1, -0.05) is 133 Å². The van der Waals surface area contributed by atoms with Gasteiger partial charge in [0.1, 0.15) is 11.2 Å². The molecule has 1 atom stereocenters. The van der Waals surface area contributed by atoms with E-state index in [4.69, 9.17) is 19.4 Å². The predicted molar refractivity (Wildman–Crippen MR) is 192 cm³/mol. The van der Waals surface area contributed by atoms with Crippen LogP contribution < -0.4 is 0 Å². The Balaban J connectivity index is 1.20. The molecule has 222 valence electrons. The van der Waals surface area contributed by atoms with E-state index in [1.165, 1.54) is 16.5 Å². The highest BCUT2D eigenvalue weighted by molar-refractivity contribution is 6.12. The lowest BCUT2D eigenvalue weighted by molar-refractivity contribution is 0.669. The van der Waals surface area contributed by atoms with E-state index in [-0.39, 0.29) is 0 Å². The maximum absolute atomic E-state index is 6.40. The molecule has 4 nitrogen and oxygen atoms in total. The fourth-order valence-electron chi connectivity index (χ4n) is 6.61. The summed E-state index contributed by atoms with van der Waals surface area (Å²) in [4.78, 5) is 15.1. The fourth-order valence-corrected chi connectivity index (χ4v) is 6.61. The second kappa shape index (κ2) is 11.3. The molecule has 0 N–H and O–H groups in total. The molecule has 0 aliphatic heterocycles. The van der Waals surface area contributed by atoms with Crippen LogP contribution in [0.25, 0.3) is 78.0 Å². The molecule has 0 spiro atoms. The number of aromatic nitrogens is 3. The normalized spacial score (nSPS) is 14.3. The average Bonchev–Trinajstić information content (AvgIpc) is 3.53. The van der Waals surface area contributed by atoms with Crippen molar-refractivity contribution in [2.24, 2.45) is 0 Å². The van der Waals surface area contributed by atoms with Crippen LogP contribution in [-0.2, 0) is 0 Å². The van der Waals surface area contributed by atoms with Gasteiger partial charge in [0.15, 0.2) is 17.5 Å². The molecule has 6 aromatic carbocycles. The number of fused-ring (bicyclic) bond motifs is 4. The van der Waals surface area contributed by atoms with Gasteiger partial charge in [-0.2, -0.15) is 0 Å². The fraction of sp³-hybridized carbons (Fsp3) is 0.0465. The first-order valence-electron chi connectivity index (χ1n) is 16.0. The standard InChI is InChI=1S/C43H29N3O/c1-3-10-28(11-4-1)30-18-20-31(21-19-30)34-24-25-38-37(27-34)40-36(16-9-17-39(40)47-38)43-45-41(32-13-5-2-6-14-32)44-42(46-43)35-23-22-29-12-7-8-15-33(29)26-35/h1-10,12-28H,11H2. The number of rotatable bonds is 5. The minimum atomic E-state index is 0.428. The SMILES string of the molecule is C1=CCC(c2ccc(-c3ccc4oc5cccc(-c6nc(-c7ccccc7)nc(-c7ccc8ccccc8c7)n6)c5c4c3)cc2)C=C1. The molecule has 1 unspecified atom stereocenters. The van der Waals surface area contributed by atoms with Gasteiger partial charge in [0.25, 0.3) is 0 Å². The topological polar surface area (TPSA) is 51.8 Å². The van der Waals surface area contributed by atoms with Crippen LogP contribution in [0.1, 0.15) is 17.9 Å². The molecule has 8 aromatic rings. The van der Waals surface area contributed by atoms with Crippen LogP contribution in [0, 0.1) is 0 Å². The second-order valence-corrected chi connectivity index (χ2v) is 12.0. The highest BCUT2D eigenvalue weighted by Crippen LogP contribution is 2.39. The molecule has 0 saturated heterocycles. The van der Waals surface area contributed by atoms with Crippen LogP contribution in [-0.4, -0.2) is 15.0 Å². The van der Waals surface area contributed by atoms with Crippen molar-refractivity contribution in [2.45, 2.75) is 12.3 Å². The van der Waals surface area contributed by atoms with Gasteiger partial charge >= 0.3 is 0 Å². The molecular weight excluding hydrogens is 574 g/mol. The van der Waals surface area contributed by atoms with E-state index in [1.54, 1.807) is 0 Å². The van der Waals surface area contributed by atoms with Gasteiger partial charge in [0, 0.05) is 33.4 Å². The van der Waals surface area contributed by atoms with Gasteiger partial charge in [-0.25, -0.2) is 15.0 Å². The van der Waals surface area contributed by atoms with E-state index in [0.29, 0.717) is 23.4 Å². The van der Waals surface area contributed by atoms with Gasteiger partial charge in [0.05, 0.1) is 0 Å². The molecule has 0 radical (unpaired) electrons. The molecule has 1 aliphatic carbocycles. The van der Waals surface area contributed by atoms with E-state index in [2.05, 4.69) is 115 Å². The molecule has 0 bridgehead atoms. The Kier molecular flexibility index (Phi) is 6.57. The van der Waals surface area contributed by atoms with Crippen molar-refractivity contribution in [1.82, 2.24) is 15.0 Å². The molecule has 0 amide bonds. The lowest BCUT2D eigenvalue weighted by Crippen LogP contribution is -2.00. The van der Waals surface area contributed by atoms with Crippen molar-refractivity contribution >= 4 is 32.7 Å². The van der Waals surface area contributed by atoms with Gasteiger partial charge in [-0.05, 0) is 58.1 Å². The summed E-state index contributed by atoms with van der Waals surface area (Å²) >= 11 is 0. The van der Waals surface area contributed by atoms with E-state index >= 15 is 0 Å². The molecule has 1 aliphatic rings. The number of hydrogen-bond acceptors (Lipinski definition) is 4. The summed E-state index contributed by atoms with van der Waals surface area (Å²) in [6, 6.07) is 46.3. The van der Waals surface area contributed by atoms with Gasteiger partial charge < -0.3 is 4.42 Å². The molecule has 0 fully saturated rings. The van der Waals surface area contributed by atoms with Crippen LogP contribution in [0.2, 0.25) is 0 Å². The molecule has 47 heavy (non-hydrogen) atoms. The molecule has 2 aromatic heterocycles. The first-order chi connectivity index (χ1) is 23.3. The van der Waals surface area contributed by atoms with Crippen molar-refractivity contribution in [3.05, 3.63) is 163 Å². The van der Waals surface area contributed by atoms with Crippen LogP contribution in [0.3, 0.4) is 0 Å². The largest absolute Gasteiger partial charge is 0.456 e. The number of hydrogen-bond donors (Lipinski definition) is 0. The Morgan fingerprint density at radius 2 is 1.26 bits per heavy atom. The first-order valence-corrected chi connectivity index (χ1v) is 16.0. The number of allylic oxidation sites excluding steroid dienone is 4. The van der Waals surface area contributed by atoms with Crippen molar-refractivity contribution in [2.75, 3.05) is 0 Å². The van der Waals surface area contributed by atoms with Gasteiger partial charge in [-0.15, -0.1) is 0 Å². The van der Waals surface area contributed by atoms with Crippen molar-refractivity contribution in [3.63, 3.8) is 0 Å². The lowest BCUT2D eigenvalue weighted by atomic mass is 9.91. The monoisotopic (exact) mass is 603 g/mol. The zero-order valence-corrected chi connectivity index (χ0v) is 25.5. The van der Waals surface area contributed by atoms with Crippen molar-refractivity contribution in [3.8, 4) is 45.3 Å². The summed E-state index contributed by atoms with van der Waals surface area (Å²) < 4.78 is 6.40. The minimum Gasteiger partial charge on any atom is -0.456 e. The quantitative estimate of drug-likeness (QED) is 0.196. The summed E-state index contributed by atoms with van der Waals surface area (Å²) in [5, 5.41) is 4.35. The van der Waals surface area contributed by atoms with Crippen molar-refractivity contribution < 1.29 is 4.42 Å². The highest BCUT2D eigenvalue weighted by Gasteiger charge is 2.19. The third kappa shape index (κ3) is 5.01. The smallest absolute Gasteiger partial charge is 0.164 e. The summed E-state index contributed by atoms with van der Waals surface area (Å²) in [5.41, 5.74) is 8.06. The summed E-state index contributed by atoms with van der Waals surface area (Å²) in [5.74, 6) is 2.30. The maximum atomic E-state index is 6.40. The molecule has 4 heteroatoms. The number of benzene rings is 6. The maximum Gasteiger partial charge on any atom is 0.164 e. The van der Waals surface area contributed by atoms with Crippen LogP contribution in [0.5, 0.6) is 0 Å². The highest BCUT2D eigenvalue weighted by atomic mass is 16.3. The first kappa shape index (κ1) is 27.2. The van der Waals surface area contributed by atoms with E-state index < -0.39 is 0 Å². The molecule has 0 saturated carbocycles. The van der Waals surface area contributed by atoms with E-state index in [0.717, 1.165) is 56.0 Å². The molecule has 9 rings (SSSR count). The number of furan rings is 1. The summed E-state index contributed by atoms with van der Waals surface area (Å²) in [6.07, 6.45) is 9.80. The van der Waals surface area contributed by atoms with Crippen LogP contribution in [0.4, 0.5) is 0 Å². The molecule has 2 heterocycles. The third-order valence-corrected chi connectivity index (χ3v) is 9.06. The van der Waals surface area contributed by atoms with Gasteiger partial charge in [-0.3, -0.25) is 0 Å². The zero-order chi connectivity index (χ0) is 31.2.